The summed E-state index contributed by atoms with van der Waals surface area (Å²) in [6.07, 6.45) is 4.70. The number of nitrogens with zero attached hydrogens (tertiary/aromatic N) is 2. The number of hydrogen-bond acceptors (Lipinski definition) is 3. The number of halogens is 1. The number of aryl methyl sites for hydroxylation is 2. The standard InChI is InChI=1S/C18H18FN3O/c1-11-10-22-8-2-3-15(18(22)20-11)21-17-14-6-5-13(19)9-12(14)4-7-16(17)23/h2-3,5-6,8-10,16-17,21,23H,4,7H2,1H3. The molecule has 2 aromatic heterocycles. The number of benzene rings is 1. The topological polar surface area (TPSA) is 49.6 Å². The van der Waals surface area contributed by atoms with Crippen LogP contribution in [0.1, 0.15) is 29.3 Å². The van der Waals surface area contributed by atoms with Crippen molar-refractivity contribution in [2.24, 2.45) is 0 Å². The van der Waals surface area contributed by atoms with E-state index in [4.69, 9.17) is 0 Å². The minimum absolute atomic E-state index is 0.232. The van der Waals surface area contributed by atoms with E-state index in [1.807, 2.05) is 35.9 Å². The van der Waals surface area contributed by atoms with Gasteiger partial charge in [0.25, 0.3) is 0 Å². The van der Waals surface area contributed by atoms with E-state index in [2.05, 4.69) is 10.3 Å². The van der Waals surface area contributed by atoms with Gasteiger partial charge < -0.3 is 14.8 Å². The van der Waals surface area contributed by atoms with Gasteiger partial charge in [-0.1, -0.05) is 6.07 Å². The van der Waals surface area contributed by atoms with Crippen LogP contribution in [-0.2, 0) is 6.42 Å². The van der Waals surface area contributed by atoms with Gasteiger partial charge in [0.1, 0.15) is 5.82 Å². The van der Waals surface area contributed by atoms with E-state index in [9.17, 15) is 9.50 Å². The molecular formula is C18H18FN3O. The maximum Gasteiger partial charge on any atom is 0.160 e. The second kappa shape index (κ2) is 5.35. The first-order chi connectivity index (χ1) is 11.1. The Morgan fingerprint density at radius 3 is 3.09 bits per heavy atom. The van der Waals surface area contributed by atoms with Crippen LogP contribution in [0.5, 0.6) is 0 Å². The van der Waals surface area contributed by atoms with Crippen molar-refractivity contribution in [3.05, 3.63) is 65.4 Å². The van der Waals surface area contributed by atoms with Crippen LogP contribution in [0.2, 0.25) is 0 Å². The highest BCUT2D eigenvalue weighted by molar-refractivity contribution is 5.68. The van der Waals surface area contributed by atoms with Crippen molar-refractivity contribution >= 4 is 11.3 Å². The highest BCUT2D eigenvalue weighted by Gasteiger charge is 2.28. The Hall–Kier alpha value is -2.40. The molecule has 4 rings (SSSR count). The van der Waals surface area contributed by atoms with E-state index in [1.165, 1.54) is 6.07 Å². The fraction of sp³-hybridized carbons (Fsp3) is 0.278. The summed E-state index contributed by atoms with van der Waals surface area (Å²) in [5.41, 5.74) is 4.54. The van der Waals surface area contributed by atoms with Crippen molar-refractivity contribution in [2.45, 2.75) is 31.9 Å². The molecule has 4 nitrogen and oxygen atoms in total. The van der Waals surface area contributed by atoms with Crippen molar-refractivity contribution in [3.8, 4) is 0 Å². The smallest absolute Gasteiger partial charge is 0.160 e. The molecule has 0 fully saturated rings. The summed E-state index contributed by atoms with van der Waals surface area (Å²) in [6, 6.07) is 8.41. The van der Waals surface area contributed by atoms with Crippen LogP contribution in [0.4, 0.5) is 10.1 Å². The van der Waals surface area contributed by atoms with E-state index >= 15 is 0 Å². The molecule has 2 heterocycles. The molecule has 0 spiro atoms. The first-order valence-corrected chi connectivity index (χ1v) is 7.79. The highest BCUT2D eigenvalue weighted by atomic mass is 19.1. The summed E-state index contributed by atoms with van der Waals surface area (Å²) in [7, 11) is 0. The number of nitrogens with one attached hydrogen (secondary N) is 1. The minimum atomic E-state index is -0.510. The predicted molar refractivity (Wildman–Crippen MR) is 87.0 cm³/mol. The Bertz CT molecular complexity index is 874. The number of pyridine rings is 1. The SMILES string of the molecule is Cc1cn2cccc(NC3c4ccc(F)cc4CCC3O)c2n1. The monoisotopic (exact) mass is 311 g/mol. The zero-order valence-corrected chi connectivity index (χ0v) is 12.8. The Labute approximate surface area is 133 Å². The minimum Gasteiger partial charge on any atom is -0.391 e. The molecule has 0 saturated carbocycles. The van der Waals surface area contributed by atoms with E-state index in [1.54, 1.807) is 12.1 Å². The van der Waals surface area contributed by atoms with Gasteiger partial charge in [-0.3, -0.25) is 0 Å². The van der Waals surface area contributed by atoms with Crippen molar-refractivity contribution in [3.63, 3.8) is 0 Å². The Morgan fingerprint density at radius 2 is 2.22 bits per heavy atom. The van der Waals surface area contributed by atoms with Gasteiger partial charge in [0, 0.05) is 12.4 Å². The molecule has 118 valence electrons. The Morgan fingerprint density at radius 1 is 1.35 bits per heavy atom. The van der Waals surface area contributed by atoms with Crippen molar-refractivity contribution < 1.29 is 9.50 Å². The molecular weight excluding hydrogens is 293 g/mol. The lowest BCUT2D eigenvalue weighted by Crippen LogP contribution is -2.31. The van der Waals surface area contributed by atoms with Crippen LogP contribution in [0.15, 0.2) is 42.7 Å². The van der Waals surface area contributed by atoms with Crippen molar-refractivity contribution in [1.82, 2.24) is 9.38 Å². The molecule has 1 aliphatic rings. The fourth-order valence-electron chi connectivity index (χ4n) is 3.36. The molecule has 23 heavy (non-hydrogen) atoms. The third-order valence-electron chi connectivity index (χ3n) is 4.45. The van der Waals surface area contributed by atoms with Crippen LogP contribution in [0.25, 0.3) is 5.65 Å². The highest BCUT2D eigenvalue weighted by Crippen LogP contribution is 2.34. The van der Waals surface area contributed by atoms with Crippen LogP contribution in [0.3, 0.4) is 0 Å². The lowest BCUT2D eigenvalue weighted by Gasteiger charge is -2.31. The second-order valence-electron chi connectivity index (χ2n) is 6.11. The summed E-state index contributed by atoms with van der Waals surface area (Å²) in [6.45, 7) is 1.95. The number of aliphatic hydroxyl groups excluding tert-OH is 1. The molecule has 2 atom stereocenters. The molecule has 0 radical (unpaired) electrons. The number of anilines is 1. The molecule has 2 unspecified atom stereocenters. The van der Waals surface area contributed by atoms with Gasteiger partial charge in [-0.15, -0.1) is 0 Å². The van der Waals surface area contributed by atoms with Crippen molar-refractivity contribution in [2.75, 3.05) is 5.32 Å². The summed E-state index contributed by atoms with van der Waals surface area (Å²) < 4.78 is 15.4. The van der Waals surface area contributed by atoms with Gasteiger partial charge in [-0.05, 0) is 55.2 Å². The summed E-state index contributed by atoms with van der Waals surface area (Å²) in [4.78, 5) is 4.53. The number of imidazole rings is 1. The lowest BCUT2D eigenvalue weighted by atomic mass is 9.85. The molecule has 0 amide bonds. The number of fused-ring (bicyclic) bond motifs is 2. The third-order valence-corrected chi connectivity index (χ3v) is 4.45. The summed E-state index contributed by atoms with van der Waals surface area (Å²) >= 11 is 0. The van der Waals surface area contributed by atoms with Gasteiger partial charge in [-0.25, -0.2) is 9.37 Å². The maximum absolute atomic E-state index is 13.5. The fourth-order valence-corrected chi connectivity index (χ4v) is 3.36. The number of aromatic nitrogens is 2. The normalized spacial score (nSPS) is 20.5. The Balaban J connectivity index is 1.75. The summed E-state index contributed by atoms with van der Waals surface area (Å²) in [5, 5.41) is 13.8. The molecule has 2 N–H and O–H groups in total. The van der Waals surface area contributed by atoms with E-state index in [0.717, 1.165) is 28.2 Å². The molecule has 0 aliphatic heterocycles. The zero-order valence-electron chi connectivity index (χ0n) is 12.8. The Kier molecular flexibility index (Phi) is 3.31. The number of rotatable bonds is 2. The van der Waals surface area contributed by atoms with E-state index < -0.39 is 6.10 Å². The van der Waals surface area contributed by atoms with Crippen LogP contribution >= 0.6 is 0 Å². The van der Waals surface area contributed by atoms with Crippen LogP contribution < -0.4 is 5.32 Å². The van der Waals surface area contributed by atoms with Gasteiger partial charge in [0.05, 0.1) is 23.5 Å². The third kappa shape index (κ3) is 2.47. The largest absolute Gasteiger partial charge is 0.391 e. The average molecular weight is 311 g/mol. The van der Waals surface area contributed by atoms with Gasteiger partial charge in [0.2, 0.25) is 0 Å². The molecule has 0 saturated heterocycles. The average Bonchev–Trinajstić information content (AvgIpc) is 2.91. The molecule has 1 aliphatic carbocycles. The number of aliphatic hydroxyl groups is 1. The summed E-state index contributed by atoms with van der Waals surface area (Å²) in [5.74, 6) is -0.232. The van der Waals surface area contributed by atoms with Gasteiger partial charge >= 0.3 is 0 Å². The van der Waals surface area contributed by atoms with E-state index in [-0.39, 0.29) is 11.9 Å². The molecule has 1 aromatic carbocycles. The molecule has 3 aromatic rings. The van der Waals surface area contributed by atoms with Crippen molar-refractivity contribution in [1.29, 1.82) is 0 Å². The van der Waals surface area contributed by atoms with Gasteiger partial charge in [0.15, 0.2) is 5.65 Å². The lowest BCUT2D eigenvalue weighted by molar-refractivity contribution is 0.135. The first-order valence-electron chi connectivity index (χ1n) is 7.79. The molecule has 5 heteroatoms. The maximum atomic E-state index is 13.5. The van der Waals surface area contributed by atoms with Gasteiger partial charge in [-0.2, -0.15) is 0 Å². The van der Waals surface area contributed by atoms with Crippen LogP contribution in [0, 0.1) is 12.7 Å². The van der Waals surface area contributed by atoms with Crippen LogP contribution in [-0.4, -0.2) is 20.6 Å². The predicted octanol–water partition coefficient (Wildman–Crippen LogP) is 3.24. The molecule has 0 bridgehead atoms. The van der Waals surface area contributed by atoms with E-state index in [0.29, 0.717) is 12.8 Å². The first kappa shape index (κ1) is 14.2. The second-order valence-corrected chi connectivity index (χ2v) is 6.11. The quantitative estimate of drug-likeness (QED) is 0.764. The zero-order chi connectivity index (χ0) is 16.0. The number of hydrogen-bond donors (Lipinski definition) is 2.